The van der Waals surface area contributed by atoms with E-state index in [4.69, 9.17) is 0 Å². The molecule has 1 rings (SSSR count). The van der Waals surface area contributed by atoms with Gasteiger partial charge >= 0.3 is 6.18 Å². The molecular weight excluding hydrogens is 217 g/mol. The van der Waals surface area contributed by atoms with E-state index in [9.17, 15) is 13.2 Å². The zero-order valence-corrected chi connectivity index (χ0v) is 9.76. The van der Waals surface area contributed by atoms with Gasteiger partial charge in [-0.3, -0.25) is 4.98 Å². The van der Waals surface area contributed by atoms with Crippen LogP contribution in [0.1, 0.15) is 45.0 Å². The number of hydrogen-bond acceptors (Lipinski definition) is 2. The molecule has 0 saturated heterocycles. The van der Waals surface area contributed by atoms with Crippen molar-refractivity contribution in [2.45, 2.75) is 39.8 Å². The Morgan fingerprint density at radius 1 is 1.06 bits per heavy atom. The molecule has 1 heterocycles. The van der Waals surface area contributed by atoms with Gasteiger partial charge in [-0.05, 0) is 5.41 Å². The van der Waals surface area contributed by atoms with Crippen molar-refractivity contribution in [2.24, 2.45) is 5.41 Å². The van der Waals surface area contributed by atoms with E-state index in [-0.39, 0.29) is 17.0 Å². The van der Waals surface area contributed by atoms with Crippen LogP contribution < -0.4 is 0 Å². The van der Waals surface area contributed by atoms with Gasteiger partial charge in [-0.2, -0.15) is 13.2 Å². The van der Waals surface area contributed by atoms with Crippen LogP contribution in [0.4, 0.5) is 13.2 Å². The summed E-state index contributed by atoms with van der Waals surface area (Å²) in [5.74, 6) is -0.308. The molecule has 2 nitrogen and oxygen atoms in total. The van der Waals surface area contributed by atoms with Gasteiger partial charge in [0.05, 0.1) is 5.69 Å². The molecule has 0 saturated carbocycles. The summed E-state index contributed by atoms with van der Waals surface area (Å²) in [6.07, 6.45) is -2.07. The quantitative estimate of drug-likeness (QED) is 0.738. The third kappa shape index (κ3) is 2.71. The third-order valence-electron chi connectivity index (χ3n) is 2.70. The summed E-state index contributed by atoms with van der Waals surface area (Å²) < 4.78 is 38.1. The molecule has 0 aliphatic heterocycles. The Morgan fingerprint density at radius 3 is 2.00 bits per heavy atom. The Hall–Kier alpha value is -1.13. The van der Waals surface area contributed by atoms with Crippen molar-refractivity contribution >= 4 is 0 Å². The van der Waals surface area contributed by atoms with Crippen LogP contribution in [-0.2, 0) is 6.18 Å². The minimum atomic E-state index is -4.44. The zero-order valence-electron chi connectivity index (χ0n) is 9.76. The summed E-state index contributed by atoms with van der Waals surface area (Å²) >= 11 is 0. The first-order valence-electron chi connectivity index (χ1n) is 5.02. The van der Waals surface area contributed by atoms with Gasteiger partial charge in [-0.25, -0.2) is 4.98 Å². The average Bonchev–Trinajstić information content (AvgIpc) is 2.14. The smallest absolute Gasteiger partial charge is 0.257 e. The van der Waals surface area contributed by atoms with Crippen molar-refractivity contribution < 1.29 is 13.2 Å². The molecular formula is C11H15F3N2. The summed E-state index contributed by atoms with van der Waals surface area (Å²) in [5.41, 5.74) is -1.14. The van der Waals surface area contributed by atoms with Crippen LogP contribution in [0.25, 0.3) is 0 Å². The van der Waals surface area contributed by atoms with E-state index in [2.05, 4.69) is 9.97 Å². The Morgan fingerprint density at radius 2 is 1.56 bits per heavy atom. The molecule has 0 aliphatic carbocycles. The van der Waals surface area contributed by atoms with Crippen LogP contribution in [0.3, 0.4) is 0 Å². The van der Waals surface area contributed by atoms with Gasteiger partial charge in [0.1, 0.15) is 0 Å². The van der Waals surface area contributed by atoms with Crippen molar-refractivity contribution in [1.29, 1.82) is 0 Å². The molecule has 0 aromatic carbocycles. The number of alkyl halides is 3. The monoisotopic (exact) mass is 232 g/mol. The predicted octanol–water partition coefficient (Wildman–Crippen LogP) is 3.65. The Labute approximate surface area is 92.9 Å². The highest BCUT2D eigenvalue weighted by Crippen LogP contribution is 2.39. The molecule has 5 heteroatoms. The first kappa shape index (κ1) is 12.9. The van der Waals surface area contributed by atoms with Crippen LogP contribution in [0.5, 0.6) is 0 Å². The van der Waals surface area contributed by atoms with Crippen LogP contribution in [0, 0.1) is 5.41 Å². The molecule has 0 radical (unpaired) electrons. The molecule has 0 N–H and O–H groups in total. The second-order valence-electron chi connectivity index (χ2n) is 4.88. The van der Waals surface area contributed by atoms with Crippen LogP contribution in [-0.4, -0.2) is 9.97 Å². The maximum atomic E-state index is 12.7. The lowest BCUT2D eigenvalue weighted by atomic mass is 9.79. The number of nitrogens with zero attached hydrogens (tertiary/aromatic N) is 2. The van der Waals surface area contributed by atoms with Crippen LogP contribution >= 0.6 is 0 Å². The normalized spacial score (nSPS) is 14.9. The largest absolute Gasteiger partial charge is 0.435 e. The number of aromatic nitrogens is 2. The van der Waals surface area contributed by atoms with E-state index < -0.39 is 11.9 Å². The summed E-state index contributed by atoms with van der Waals surface area (Å²) in [6.45, 7) is 7.38. The predicted molar refractivity (Wildman–Crippen MR) is 54.9 cm³/mol. The van der Waals surface area contributed by atoms with Gasteiger partial charge in [0.25, 0.3) is 0 Å². The van der Waals surface area contributed by atoms with E-state index in [1.165, 1.54) is 6.20 Å². The number of halogens is 3. The van der Waals surface area contributed by atoms with Gasteiger partial charge in [0.2, 0.25) is 0 Å². The summed E-state index contributed by atoms with van der Waals surface area (Å²) in [7, 11) is 0. The fourth-order valence-electron chi connectivity index (χ4n) is 1.29. The maximum Gasteiger partial charge on any atom is 0.435 e. The Kier molecular flexibility index (Phi) is 3.26. The van der Waals surface area contributed by atoms with E-state index in [0.717, 1.165) is 6.20 Å². The van der Waals surface area contributed by atoms with Gasteiger partial charge in [0, 0.05) is 18.3 Å². The number of hydrogen-bond donors (Lipinski definition) is 0. The van der Waals surface area contributed by atoms with Gasteiger partial charge < -0.3 is 0 Å². The minimum Gasteiger partial charge on any atom is -0.257 e. The minimum absolute atomic E-state index is 0.0162. The van der Waals surface area contributed by atoms with Crippen molar-refractivity contribution in [3.8, 4) is 0 Å². The maximum absolute atomic E-state index is 12.7. The van der Waals surface area contributed by atoms with Crippen LogP contribution in [0.15, 0.2) is 12.4 Å². The van der Waals surface area contributed by atoms with Gasteiger partial charge in [0.15, 0.2) is 5.69 Å². The molecule has 0 aliphatic rings. The summed E-state index contributed by atoms with van der Waals surface area (Å²) in [6, 6.07) is 0. The van der Waals surface area contributed by atoms with Gasteiger partial charge in [-0.1, -0.05) is 27.7 Å². The molecule has 0 amide bonds. The zero-order chi connectivity index (χ0) is 12.6. The van der Waals surface area contributed by atoms with E-state index in [0.29, 0.717) is 0 Å². The van der Waals surface area contributed by atoms with E-state index in [1.807, 2.05) is 20.8 Å². The van der Waals surface area contributed by atoms with Gasteiger partial charge in [-0.15, -0.1) is 0 Å². The fourth-order valence-corrected chi connectivity index (χ4v) is 1.29. The van der Waals surface area contributed by atoms with Crippen molar-refractivity contribution in [1.82, 2.24) is 9.97 Å². The SMILES string of the molecule is CC(c1nccnc1C(F)(F)F)C(C)(C)C. The average molecular weight is 232 g/mol. The van der Waals surface area contributed by atoms with E-state index >= 15 is 0 Å². The third-order valence-corrected chi connectivity index (χ3v) is 2.70. The summed E-state index contributed by atoms with van der Waals surface area (Å²) in [5, 5.41) is 0. The number of rotatable bonds is 1. The van der Waals surface area contributed by atoms with Crippen molar-refractivity contribution in [3.63, 3.8) is 0 Å². The summed E-state index contributed by atoms with van der Waals surface area (Å²) in [4.78, 5) is 7.23. The Bertz CT molecular complexity index is 366. The molecule has 0 bridgehead atoms. The molecule has 1 aromatic rings. The lowest BCUT2D eigenvalue weighted by Gasteiger charge is -2.28. The molecule has 1 atom stereocenters. The lowest BCUT2D eigenvalue weighted by molar-refractivity contribution is -0.142. The standard InChI is InChI=1S/C11H15F3N2/c1-7(10(2,3)4)8-9(11(12,13)14)16-6-5-15-8/h5-7H,1-4H3. The molecule has 0 fully saturated rings. The Balaban J connectivity index is 3.25. The van der Waals surface area contributed by atoms with E-state index in [1.54, 1.807) is 6.92 Å². The second-order valence-corrected chi connectivity index (χ2v) is 4.88. The highest BCUT2D eigenvalue weighted by Gasteiger charge is 2.39. The fraction of sp³-hybridized carbons (Fsp3) is 0.636. The highest BCUT2D eigenvalue weighted by atomic mass is 19.4. The molecule has 16 heavy (non-hydrogen) atoms. The van der Waals surface area contributed by atoms with Crippen molar-refractivity contribution in [3.05, 3.63) is 23.8 Å². The highest BCUT2D eigenvalue weighted by molar-refractivity contribution is 5.19. The first-order chi connectivity index (χ1) is 7.14. The molecule has 1 unspecified atom stereocenters. The molecule has 1 aromatic heterocycles. The lowest BCUT2D eigenvalue weighted by Crippen LogP contribution is -2.22. The first-order valence-corrected chi connectivity index (χ1v) is 5.02. The molecule has 0 spiro atoms. The molecule has 90 valence electrons. The van der Waals surface area contributed by atoms with Crippen molar-refractivity contribution in [2.75, 3.05) is 0 Å². The second kappa shape index (κ2) is 4.03. The van der Waals surface area contributed by atoms with Crippen LogP contribution in [0.2, 0.25) is 0 Å². The topological polar surface area (TPSA) is 25.8 Å².